The number of hydrogen-bond acceptors (Lipinski definition) is 4. The van der Waals surface area contributed by atoms with Crippen LogP contribution in [-0.4, -0.2) is 25.2 Å². The maximum atomic E-state index is 13.0. The topological polar surface area (TPSA) is 60.7 Å². The molecule has 1 saturated heterocycles. The van der Waals surface area contributed by atoms with Crippen LogP contribution < -0.4 is 10.1 Å². The minimum absolute atomic E-state index is 0.131. The molecule has 1 atom stereocenters. The molecule has 28 heavy (non-hydrogen) atoms. The van der Waals surface area contributed by atoms with Gasteiger partial charge in [0.15, 0.2) is 5.76 Å². The van der Waals surface area contributed by atoms with Crippen molar-refractivity contribution in [3.63, 3.8) is 0 Å². The molecule has 1 N–H and O–H groups in total. The van der Waals surface area contributed by atoms with E-state index in [2.05, 4.69) is 5.32 Å². The Morgan fingerprint density at radius 1 is 1.14 bits per heavy atom. The molecule has 3 aromatic rings. The summed E-state index contributed by atoms with van der Waals surface area (Å²) in [4.78, 5) is 12.5. The third-order valence-electron chi connectivity index (χ3n) is 4.51. The van der Waals surface area contributed by atoms with Gasteiger partial charge >= 0.3 is 0 Å². The number of hydrogen-bond donors (Lipinski definition) is 1. The average molecular weight is 381 g/mol. The van der Waals surface area contributed by atoms with Gasteiger partial charge < -0.3 is 19.2 Å². The Kier molecular flexibility index (Phi) is 5.39. The van der Waals surface area contributed by atoms with E-state index in [9.17, 15) is 9.18 Å². The van der Waals surface area contributed by atoms with Crippen molar-refractivity contribution in [2.75, 3.05) is 18.5 Å². The van der Waals surface area contributed by atoms with Crippen LogP contribution in [0.15, 0.2) is 65.1 Å². The molecule has 6 heteroatoms. The highest BCUT2D eigenvalue weighted by molar-refractivity contribution is 6.02. The molecule has 0 spiro atoms. The molecule has 4 rings (SSSR count). The number of nitrogens with one attached hydrogen (secondary N) is 1. The highest BCUT2D eigenvalue weighted by Gasteiger charge is 2.16. The highest BCUT2D eigenvalue weighted by Crippen LogP contribution is 2.24. The van der Waals surface area contributed by atoms with Crippen molar-refractivity contribution < 1.29 is 23.1 Å². The van der Waals surface area contributed by atoms with Gasteiger partial charge in [0.2, 0.25) is 0 Å². The van der Waals surface area contributed by atoms with E-state index in [1.165, 1.54) is 12.1 Å². The number of carbonyl (C=O) groups is 1. The van der Waals surface area contributed by atoms with Gasteiger partial charge in [-0.2, -0.15) is 0 Å². The summed E-state index contributed by atoms with van der Waals surface area (Å²) in [6, 6.07) is 16.4. The van der Waals surface area contributed by atoms with Crippen molar-refractivity contribution in [1.29, 1.82) is 0 Å². The molecule has 1 fully saturated rings. The summed E-state index contributed by atoms with van der Waals surface area (Å²) in [5.74, 6) is 0.642. The van der Waals surface area contributed by atoms with Crippen molar-refractivity contribution >= 4 is 11.6 Å². The SMILES string of the molecule is O=C(Nc1cccc(OCC2CCCO2)c1)c1ccc(-c2ccc(F)cc2)o1. The first-order valence-corrected chi connectivity index (χ1v) is 9.19. The molecule has 2 heterocycles. The largest absolute Gasteiger partial charge is 0.491 e. The molecule has 1 aromatic heterocycles. The second-order valence-corrected chi connectivity index (χ2v) is 6.60. The molecule has 1 aliphatic rings. The van der Waals surface area contributed by atoms with Gasteiger partial charge in [0.05, 0.1) is 6.10 Å². The molecule has 0 aliphatic carbocycles. The van der Waals surface area contributed by atoms with E-state index in [4.69, 9.17) is 13.9 Å². The molecule has 1 amide bonds. The van der Waals surface area contributed by atoms with Crippen LogP contribution in [0.25, 0.3) is 11.3 Å². The van der Waals surface area contributed by atoms with Gasteiger partial charge in [-0.1, -0.05) is 6.07 Å². The lowest BCUT2D eigenvalue weighted by molar-refractivity contribution is 0.0679. The summed E-state index contributed by atoms with van der Waals surface area (Å²) in [5.41, 5.74) is 1.31. The molecular weight excluding hydrogens is 361 g/mol. The molecule has 144 valence electrons. The number of rotatable bonds is 6. The summed E-state index contributed by atoms with van der Waals surface area (Å²) in [6.07, 6.45) is 2.20. The van der Waals surface area contributed by atoms with Crippen LogP contribution in [0.5, 0.6) is 5.75 Å². The second kappa shape index (κ2) is 8.27. The number of carbonyl (C=O) groups excluding carboxylic acids is 1. The zero-order valence-corrected chi connectivity index (χ0v) is 15.2. The van der Waals surface area contributed by atoms with E-state index in [0.29, 0.717) is 29.4 Å². The molecule has 0 bridgehead atoms. The molecule has 1 aliphatic heterocycles. The van der Waals surface area contributed by atoms with Crippen molar-refractivity contribution in [3.8, 4) is 17.1 Å². The van der Waals surface area contributed by atoms with Crippen molar-refractivity contribution in [1.82, 2.24) is 0 Å². The summed E-state index contributed by atoms with van der Waals surface area (Å²) in [7, 11) is 0. The molecule has 5 nitrogen and oxygen atoms in total. The maximum Gasteiger partial charge on any atom is 0.291 e. The van der Waals surface area contributed by atoms with Crippen LogP contribution >= 0.6 is 0 Å². The summed E-state index contributed by atoms with van der Waals surface area (Å²) >= 11 is 0. The van der Waals surface area contributed by atoms with Crippen LogP contribution in [0, 0.1) is 5.82 Å². The Bertz CT molecular complexity index is 945. The fourth-order valence-corrected chi connectivity index (χ4v) is 3.05. The average Bonchev–Trinajstić information content (AvgIpc) is 3.39. The van der Waals surface area contributed by atoms with E-state index in [1.54, 1.807) is 36.4 Å². The van der Waals surface area contributed by atoms with Gasteiger partial charge in [-0.25, -0.2) is 4.39 Å². The first-order chi connectivity index (χ1) is 13.7. The first-order valence-electron chi connectivity index (χ1n) is 9.19. The van der Waals surface area contributed by atoms with Gasteiger partial charge in [-0.15, -0.1) is 0 Å². The van der Waals surface area contributed by atoms with E-state index < -0.39 is 0 Å². The molecule has 0 radical (unpaired) electrons. The van der Waals surface area contributed by atoms with Gasteiger partial charge in [-0.3, -0.25) is 4.79 Å². The van der Waals surface area contributed by atoms with Crippen LogP contribution in [0.3, 0.4) is 0 Å². The van der Waals surface area contributed by atoms with Crippen molar-refractivity contribution in [2.45, 2.75) is 18.9 Å². The van der Waals surface area contributed by atoms with Crippen molar-refractivity contribution in [2.24, 2.45) is 0 Å². The lowest BCUT2D eigenvalue weighted by Gasteiger charge is -2.12. The predicted molar refractivity (Wildman–Crippen MR) is 103 cm³/mol. The number of amides is 1. The van der Waals surface area contributed by atoms with Crippen LogP contribution in [0.2, 0.25) is 0 Å². The van der Waals surface area contributed by atoms with Gasteiger partial charge in [-0.05, 0) is 61.4 Å². The smallest absolute Gasteiger partial charge is 0.291 e. The quantitative estimate of drug-likeness (QED) is 0.660. The Balaban J connectivity index is 1.39. The minimum atomic E-state index is -0.371. The fourth-order valence-electron chi connectivity index (χ4n) is 3.05. The third kappa shape index (κ3) is 4.40. The monoisotopic (exact) mass is 381 g/mol. The normalized spacial score (nSPS) is 16.1. The number of ether oxygens (including phenoxy) is 2. The lowest BCUT2D eigenvalue weighted by Crippen LogP contribution is -2.16. The fraction of sp³-hybridized carbons (Fsp3) is 0.227. The van der Waals surface area contributed by atoms with Crippen LogP contribution in [-0.2, 0) is 4.74 Å². The third-order valence-corrected chi connectivity index (χ3v) is 4.51. The van der Waals surface area contributed by atoms with Gasteiger partial charge in [0.1, 0.15) is 23.9 Å². The van der Waals surface area contributed by atoms with Gasteiger partial charge in [0, 0.05) is 23.9 Å². The van der Waals surface area contributed by atoms with E-state index in [0.717, 1.165) is 19.4 Å². The zero-order valence-electron chi connectivity index (χ0n) is 15.2. The van der Waals surface area contributed by atoms with Gasteiger partial charge in [0.25, 0.3) is 5.91 Å². The standard InChI is InChI=1S/C22H20FNO4/c23-16-8-6-15(7-9-16)20-10-11-21(28-20)22(25)24-17-3-1-4-18(13-17)27-14-19-5-2-12-26-19/h1,3-4,6-11,13,19H,2,5,12,14H2,(H,24,25). The summed E-state index contributed by atoms with van der Waals surface area (Å²) in [5, 5.41) is 2.80. The second-order valence-electron chi connectivity index (χ2n) is 6.60. The lowest BCUT2D eigenvalue weighted by atomic mass is 10.2. The molecular formula is C22H20FNO4. The van der Waals surface area contributed by atoms with Crippen LogP contribution in [0.1, 0.15) is 23.4 Å². The minimum Gasteiger partial charge on any atom is -0.491 e. The maximum absolute atomic E-state index is 13.0. The Labute approximate surface area is 162 Å². The van der Waals surface area contributed by atoms with Crippen molar-refractivity contribution in [3.05, 3.63) is 72.2 Å². The summed E-state index contributed by atoms with van der Waals surface area (Å²) in [6.45, 7) is 1.28. The molecule has 1 unspecified atom stereocenters. The molecule has 0 saturated carbocycles. The van der Waals surface area contributed by atoms with E-state index in [1.807, 2.05) is 12.1 Å². The Morgan fingerprint density at radius 2 is 2.00 bits per heavy atom. The number of anilines is 1. The predicted octanol–water partition coefficient (Wildman–Crippen LogP) is 4.90. The summed E-state index contributed by atoms with van der Waals surface area (Å²) < 4.78 is 30.0. The number of benzene rings is 2. The Morgan fingerprint density at radius 3 is 2.79 bits per heavy atom. The number of furan rings is 1. The first kappa shape index (κ1) is 18.3. The Hall–Kier alpha value is -3.12. The zero-order chi connectivity index (χ0) is 19.3. The highest BCUT2D eigenvalue weighted by atomic mass is 19.1. The molecule has 2 aromatic carbocycles. The van der Waals surface area contributed by atoms with E-state index in [-0.39, 0.29) is 23.6 Å². The van der Waals surface area contributed by atoms with Crippen LogP contribution in [0.4, 0.5) is 10.1 Å². The van der Waals surface area contributed by atoms with E-state index >= 15 is 0 Å². The number of halogens is 1.